The molecule has 18 heavy (non-hydrogen) atoms. The summed E-state index contributed by atoms with van der Waals surface area (Å²) < 4.78 is 1.23. The highest BCUT2D eigenvalue weighted by molar-refractivity contribution is 9.10. The summed E-state index contributed by atoms with van der Waals surface area (Å²) in [5.74, 6) is 1.05. The summed E-state index contributed by atoms with van der Waals surface area (Å²) in [6.07, 6.45) is 1.07. The fraction of sp³-hybridized carbons (Fsp3) is 0.429. The quantitative estimate of drug-likeness (QED) is 0.567. The Morgan fingerprint density at radius 1 is 1.28 bits per heavy atom. The predicted octanol–water partition coefficient (Wildman–Crippen LogP) is 6.70. The van der Waals surface area contributed by atoms with E-state index in [0.29, 0.717) is 11.8 Å². The molecule has 0 bridgehead atoms. The van der Waals surface area contributed by atoms with Gasteiger partial charge >= 0.3 is 0 Å². The lowest BCUT2D eigenvalue weighted by molar-refractivity contribution is 0.782. The van der Waals surface area contributed by atoms with E-state index in [9.17, 15) is 0 Å². The summed E-state index contributed by atoms with van der Waals surface area (Å²) in [5.41, 5.74) is 0. The molecular formula is C14H16BrClS2. The Morgan fingerprint density at radius 2 is 2.00 bits per heavy atom. The van der Waals surface area contributed by atoms with Gasteiger partial charge in [0.1, 0.15) is 0 Å². The Balaban J connectivity index is 2.15. The van der Waals surface area contributed by atoms with Crippen LogP contribution < -0.4 is 0 Å². The normalized spacial score (nSPS) is 13.2. The van der Waals surface area contributed by atoms with E-state index in [-0.39, 0.29) is 0 Å². The van der Waals surface area contributed by atoms with Crippen molar-refractivity contribution < 1.29 is 0 Å². The summed E-state index contributed by atoms with van der Waals surface area (Å²) >= 11 is 13.6. The molecule has 0 aliphatic rings. The molecule has 0 spiro atoms. The first-order valence-corrected chi connectivity index (χ1v) is 8.86. The molecule has 1 atom stereocenters. The molecule has 0 aromatic carbocycles. The third-order valence-corrected chi connectivity index (χ3v) is 6.87. The molecule has 0 radical (unpaired) electrons. The lowest BCUT2D eigenvalue weighted by atomic mass is 10.1. The first-order valence-electron chi connectivity index (χ1n) is 6.00. The monoisotopic (exact) mass is 362 g/mol. The van der Waals surface area contributed by atoms with E-state index in [0.717, 1.165) is 11.4 Å². The minimum Gasteiger partial charge on any atom is -0.147 e. The highest BCUT2D eigenvalue weighted by atomic mass is 79.9. The second-order valence-corrected chi connectivity index (χ2v) is 8.20. The SMILES string of the molecule is CC(C)c1sc(CC(C)c2sccc2Br)cc1Cl. The molecule has 0 nitrogen and oxygen atoms in total. The Hall–Kier alpha value is 0.170. The van der Waals surface area contributed by atoms with Gasteiger partial charge in [0, 0.05) is 19.1 Å². The van der Waals surface area contributed by atoms with Gasteiger partial charge in [0.15, 0.2) is 0 Å². The van der Waals surface area contributed by atoms with Crippen LogP contribution >= 0.6 is 50.2 Å². The van der Waals surface area contributed by atoms with Crippen LogP contribution in [0.2, 0.25) is 5.02 Å². The van der Waals surface area contributed by atoms with Gasteiger partial charge in [-0.2, -0.15) is 0 Å². The first-order chi connectivity index (χ1) is 8.49. The molecule has 98 valence electrons. The van der Waals surface area contributed by atoms with Crippen LogP contribution in [0.3, 0.4) is 0 Å². The van der Waals surface area contributed by atoms with Crippen molar-refractivity contribution in [2.75, 3.05) is 0 Å². The lowest BCUT2D eigenvalue weighted by Gasteiger charge is -2.08. The van der Waals surface area contributed by atoms with Gasteiger partial charge in [-0.3, -0.25) is 0 Å². The van der Waals surface area contributed by atoms with Gasteiger partial charge in [-0.1, -0.05) is 32.4 Å². The standard InChI is InChI=1S/C14H16BrClS2/c1-8(2)13-12(16)7-10(18-13)6-9(3)14-11(15)4-5-17-14/h4-5,7-9H,6H2,1-3H3. The number of thiophene rings is 2. The number of rotatable bonds is 4. The molecule has 2 rings (SSSR count). The van der Waals surface area contributed by atoms with E-state index in [1.54, 1.807) is 0 Å². The van der Waals surface area contributed by atoms with Crippen LogP contribution in [0.25, 0.3) is 0 Å². The van der Waals surface area contributed by atoms with E-state index in [1.807, 2.05) is 22.7 Å². The van der Waals surface area contributed by atoms with Crippen LogP contribution in [0.15, 0.2) is 22.0 Å². The molecule has 0 fully saturated rings. The predicted molar refractivity (Wildman–Crippen MR) is 87.6 cm³/mol. The average Bonchev–Trinajstić information content (AvgIpc) is 2.84. The molecule has 2 aromatic rings. The van der Waals surface area contributed by atoms with Crippen molar-refractivity contribution in [3.63, 3.8) is 0 Å². The van der Waals surface area contributed by atoms with Crippen molar-refractivity contribution in [2.24, 2.45) is 0 Å². The largest absolute Gasteiger partial charge is 0.147 e. The highest BCUT2D eigenvalue weighted by Crippen LogP contribution is 2.37. The Bertz CT molecular complexity index is 528. The van der Waals surface area contributed by atoms with Crippen LogP contribution in [-0.4, -0.2) is 0 Å². The van der Waals surface area contributed by atoms with Crippen LogP contribution in [0, 0.1) is 0 Å². The Kier molecular flexibility index (Phi) is 4.92. The zero-order chi connectivity index (χ0) is 13.3. The molecule has 0 saturated heterocycles. The molecule has 0 aliphatic heterocycles. The van der Waals surface area contributed by atoms with Crippen molar-refractivity contribution >= 4 is 50.2 Å². The molecular weight excluding hydrogens is 348 g/mol. The fourth-order valence-electron chi connectivity index (χ4n) is 1.98. The van der Waals surface area contributed by atoms with E-state index in [2.05, 4.69) is 54.2 Å². The summed E-state index contributed by atoms with van der Waals surface area (Å²) in [4.78, 5) is 4.12. The lowest BCUT2D eigenvalue weighted by Crippen LogP contribution is -1.94. The molecule has 0 aliphatic carbocycles. The van der Waals surface area contributed by atoms with Crippen molar-refractivity contribution in [1.82, 2.24) is 0 Å². The van der Waals surface area contributed by atoms with Crippen LogP contribution in [0.4, 0.5) is 0 Å². The third-order valence-electron chi connectivity index (χ3n) is 2.89. The molecule has 0 saturated carbocycles. The van der Waals surface area contributed by atoms with Crippen LogP contribution in [-0.2, 0) is 6.42 Å². The van der Waals surface area contributed by atoms with Crippen LogP contribution in [0.5, 0.6) is 0 Å². The maximum atomic E-state index is 6.28. The molecule has 1 unspecified atom stereocenters. The smallest absolute Gasteiger partial charge is 0.0550 e. The van der Waals surface area contributed by atoms with E-state index in [4.69, 9.17) is 11.6 Å². The van der Waals surface area contributed by atoms with Gasteiger partial charge in [0.2, 0.25) is 0 Å². The zero-order valence-electron chi connectivity index (χ0n) is 10.7. The van der Waals surface area contributed by atoms with Gasteiger partial charge in [0.25, 0.3) is 0 Å². The molecule has 0 N–H and O–H groups in total. The minimum atomic E-state index is 0.514. The molecule has 4 heteroatoms. The van der Waals surface area contributed by atoms with Crippen molar-refractivity contribution in [2.45, 2.75) is 39.0 Å². The highest BCUT2D eigenvalue weighted by Gasteiger charge is 2.16. The summed E-state index contributed by atoms with van der Waals surface area (Å²) in [6, 6.07) is 4.26. The number of hydrogen-bond acceptors (Lipinski definition) is 2. The number of halogens is 2. The Labute approximate surface area is 130 Å². The maximum Gasteiger partial charge on any atom is 0.0550 e. The first kappa shape index (κ1) is 14.6. The van der Waals surface area contributed by atoms with Gasteiger partial charge < -0.3 is 0 Å². The number of hydrogen-bond donors (Lipinski definition) is 0. The average molecular weight is 364 g/mol. The van der Waals surface area contributed by atoms with Crippen molar-refractivity contribution in [1.29, 1.82) is 0 Å². The maximum absolute atomic E-state index is 6.28. The van der Waals surface area contributed by atoms with E-state index < -0.39 is 0 Å². The molecule has 2 aromatic heterocycles. The van der Waals surface area contributed by atoms with Gasteiger partial charge in [-0.15, -0.1) is 22.7 Å². The minimum absolute atomic E-state index is 0.514. The second-order valence-electron chi connectivity index (χ2n) is 4.82. The Morgan fingerprint density at radius 3 is 2.50 bits per heavy atom. The summed E-state index contributed by atoms with van der Waals surface area (Å²) in [6.45, 7) is 6.67. The molecule has 0 amide bonds. The fourth-order valence-corrected chi connectivity index (χ4v) is 5.52. The second kappa shape index (κ2) is 6.08. The van der Waals surface area contributed by atoms with E-state index >= 15 is 0 Å². The van der Waals surface area contributed by atoms with Gasteiger partial charge in [-0.25, -0.2) is 0 Å². The molecule has 2 heterocycles. The summed E-state index contributed by atoms with van der Waals surface area (Å²) in [7, 11) is 0. The van der Waals surface area contributed by atoms with E-state index in [1.165, 1.54) is 19.1 Å². The van der Waals surface area contributed by atoms with Crippen molar-refractivity contribution in [3.05, 3.63) is 41.6 Å². The van der Waals surface area contributed by atoms with Gasteiger partial charge in [0.05, 0.1) is 5.02 Å². The summed E-state index contributed by atoms with van der Waals surface area (Å²) in [5, 5.41) is 3.07. The zero-order valence-corrected chi connectivity index (χ0v) is 14.6. The van der Waals surface area contributed by atoms with Crippen LogP contribution in [0.1, 0.15) is 47.2 Å². The van der Waals surface area contributed by atoms with Crippen molar-refractivity contribution in [3.8, 4) is 0 Å². The third kappa shape index (κ3) is 3.19. The van der Waals surface area contributed by atoms with Gasteiger partial charge in [-0.05, 0) is 51.7 Å². The topological polar surface area (TPSA) is 0 Å².